The number of alkyl halides is 3. The van der Waals surface area contributed by atoms with E-state index in [9.17, 15) is 31.9 Å². The fourth-order valence-corrected chi connectivity index (χ4v) is 8.38. The van der Waals surface area contributed by atoms with Crippen molar-refractivity contribution in [1.82, 2.24) is 25.7 Å². The Bertz CT molecular complexity index is 1630. The molecule has 15 heteroatoms. The van der Waals surface area contributed by atoms with Crippen molar-refractivity contribution < 1.29 is 41.1 Å². The van der Waals surface area contributed by atoms with Crippen LogP contribution in [0.4, 0.5) is 18.0 Å². The molecule has 2 fully saturated rings. The number of benzene rings is 2. The predicted octanol–water partition coefficient (Wildman–Crippen LogP) is 5.34. The molecule has 1 aliphatic carbocycles. The smallest absolute Gasteiger partial charge is 0.406 e. The van der Waals surface area contributed by atoms with Crippen LogP contribution in [0.1, 0.15) is 54.1 Å². The second-order valence-electron chi connectivity index (χ2n) is 12.2. The first-order chi connectivity index (χ1) is 21.2. The summed E-state index contributed by atoms with van der Waals surface area (Å²) < 4.78 is 68.4. The number of aromatic nitrogens is 2. The molecule has 3 unspecified atom stereocenters. The minimum atomic E-state index is -4.83. The van der Waals surface area contributed by atoms with E-state index in [1.807, 2.05) is 12.1 Å². The molecular formula is C30H34F3N5O6S. The standard InChI is InChI=1S/C30H34F3N5O6S/c1-17-35-27(44-37-17)24-13-23(24)26(39)34-14-19-6-7-21(18-4-3-5-20(12-18)43-30(31,32)33)22-8-10-38(15-25(19)22)28(40)36-29(2)9-11-45(41,42)16-29/h3-7,12,23-24,41-42H,8-11,13-16H2,1-2H3,(H,34,39)(H,36,40). The maximum Gasteiger partial charge on any atom is 0.573 e. The third-order valence-electron chi connectivity index (χ3n) is 8.55. The zero-order valence-electron chi connectivity index (χ0n) is 24.7. The highest BCUT2D eigenvalue weighted by atomic mass is 32.3. The van der Waals surface area contributed by atoms with Gasteiger partial charge >= 0.3 is 12.4 Å². The van der Waals surface area contributed by atoms with E-state index in [1.165, 1.54) is 18.2 Å². The van der Waals surface area contributed by atoms with Crippen LogP contribution in [0.15, 0.2) is 40.9 Å². The Morgan fingerprint density at radius 2 is 2.02 bits per heavy atom. The van der Waals surface area contributed by atoms with E-state index in [1.54, 1.807) is 24.8 Å². The number of carbonyl (C=O) groups is 2. The average Bonchev–Trinajstić information content (AvgIpc) is 3.57. The average molecular weight is 650 g/mol. The number of fused-ring (bicyclic) bond motifs is 1. The first-order valence-electron chi connectivity index (χ1n) is 14.6. The fraction of sp³-hybridized carbons (Fsp3) is 0.467. The summed E-state index contributed by atoms with van der Waals surface area (Å²) in [5.41, 5.74) is 2.90. The van der Waals surface area contributed by atoms with Gasteiger partial charge in [0.15, 0.2) is 5.82 Å². The molecule has 1 aromatic heterocycles. The van der Waals surface area contributed by atoms with Gasteiger partial charge in [-0.05, 0) is 73.1 Å². The maximum absolute atomic E-state index is 13.4. The Morgan fingerprint density at radius 1 is 1.22 bits per heavy atom. The molecule has 2 aliphatic heterocycles. The molecule has 3 aliphatic rings. The normalized spacial score (nSPS) is 24.5. The number of halogens is 3. The van der Waals surface area contributed by atoms with Crippen LogP contribution in [0.3, 0.4) is 0 Å². The summed E-state index contributed by atoms with van der Waals surface area (Å²) in [4.78, 5) is 32.3. The summed E-state index contributed by atoms with van der Waals surface area (Å²) in [5.74, 6) is 0.315. The van der Waals surface area contributed by atoms with Gasteiger partial charge in [-0.15, -0.1) is 13.2 Å². The van der Waals surface area contributed by atoms with Crippen molar-refractivity contribution in [2.24, 2.45) is 5.92 Å². The van der Waals surface area contributed by atoms with Crippen LogP contribution in [0, 0.1) is 12.8 Å². The Morgan fingerprint density at radius 3 is 2.71 bits per heavy atom. The molecule has 3 atom stereocenters. The lowest BCUT2D eigenvalue weighted by Crippen LogP contribution is -2.53. The molecule has 45 heavy (non-hydrogen) atoms. The van der Waals surface area contributed by atoms with E-state index in [2.05, 4.69) is 25.5 Å². The second kappa shape index (κ2) is 11.5. The van der Waals surface area contributed by atoms with Gasteiger partial charge in [-0.2, -0.15) is 15.6 Å². The molecule has 242 valence electrons. The zero-order chi connectivity index (χ0) is 32.1. The van der Waals surface area contributed by atoms with Gasteiger partial charge in [-0.3, -0.25) is 13.9 Å². The number of ether oxygens (including phenoxy) is 1. The van der Waals surface area contributed by atoms with Gasteiger partial charge in [0.1, 0.15) is 5.75 Å². The maximum atomic E-state index is 13.4. The Hall–Kier alpha value is -3.82. The summed E-state index contributed by atoms with van der Waals surface area (Å²) in [6.07, 6.45) is -3.38. The number of urea groups is 1. The van der Waals surface area contributed by atoms with E-state index < -0.39 is 22.5 Å². The molecule has 0 spiro atoms. The molecule has 3 aromatic rings. The van der Waals surface area contributed by atoms with Crippen molar-refractivity contribution in [2.45, 2.75) is 64.0 Å². The monoisotopic (exact) mass is 649 g/mol. The fourth-order valence-electron chi connectivity index (χ4n) is 6.22. The first-order valence-corrected chi connectivity index (χ1v) is 16.5. The Balaban J connectivity index is 1.24. The first kappa shape index (κ1) is 31.2. The summed E-state index contributed by atoms with van der Waals surface area (Å²) in [6.45, 7) is 4.21. The topological polar surface area (TPSA) is 150 Å². The van der Waals surface area contributed by atoms with Crippen LogP contribution in [0.2, 0.25) is 0 Å². The third-order valence-corrected chi connectivity index (χ3v) is 10.5. The van der Waals surface area contributed by atoms with Gasteiger partial charge in [-0.25, -0.2) is 4.79 Å². The van der Waals surface area contributed by atoms with Crippen LogP contribution in [0.5, 0.6) is 5.75 Å². The lowest BCUT2D eigenvalue weighted by Gasteiger charge is -2.36. The van der Waals surface area contributed by atoms with Crippen LogP contribution in [-0.4, -0.2) is 66.0 Å². The van der Waals surface area contributed by atoms with Gasteiger partial charge in [0, 0.05) is 25.4 Å². The van der Waals surface area contributed by atoms with Crippen LogP contribution < -0.4 is 15.4 Å². The van der Waals surface area contributed by atoms with Crippen molar-refractivity contribution in [3.8, 4) is 16.9 Å². The Kier molecular flexibility index (Phi) is 7.98. The molecule has 3 amide bonds. The lowest BCUT2D eigenvalue weighted by molar-refractivity contribution is -0.274. The minimum Gasteiger partial charge on any atom is -0.406 e. The van der Waals surface area contributed by atoms with Gasteiger partial charge in [0.05, 0.1) is 23.1 Å². The highest BCUT2D eigenvalue weighted by molar-refractivity contribution is 8.24. The largest absolute Gasteiger partial charge is 0.573 e. The molecule has 11 nitrogen and oxygen atoms in total. The van der Waals surface area contributed by atoms with Crippen LogP contribution in [-0.2, 0) is 24.3 Å². The quantitative estimate of drug-likeness (QED) is 0.268. The molecule has 1 saturated heterocycles. The molecule has 0 bridgehead atoms. The van der Waals surface area contributed by atoms with Crippen molar-refractivity contribution in [1.29, 1.82) is 0 Å². The van der Waals surface area contributed by atoms with Gasteiger partial charge in [0.2, 0.25) is 11.8 Å². The van der Waals surface area contributed by atoms with Gasteiger partial charge in [0.25, 0.3) is 0 Å². The third kappa shape index (κ3) is 7.05. The summed E-state index contributed by atoms with van der Waals surface area (Å²) in [5, 5.41) is 9.75. The predicted molar refractivity (Wildman–Crippen MR) is 159 cm³/mol. The summed E-state index contributed by atoms with van der Waals surface area (Å²) in [6, 6.07) is 9.03. The Labute approximate surface area is 258 Å². The molecule has 2 aromatic carbocycles. The van der Waals surface area contributed by atoms with E-state index >= 15 is 0 Å². The van der Waals surface area contributed by atoms with E-state index in [0.29, 0.717) is 48.6 Å². The molecule has 1 saturated carbocycles. The number of hydrogen-bond acceptors (Lipinski definition) is 8. The number of aryl methyl sites for hydroxylation is 1. The van der Waals surface area contributed by atoms with E-state index in [4.69, 9.17) is 4.52 Å². The summed E-state index contributed by atoms with van der Waals surface area (Å²) >= 11 is 0. The van der Waals surface area contributed by atoms with Gasteiger partial charge < -0.3 is 24.8 Å². The number of nitrogens with zero attached hydrogens (tertiary/aromatic N) is 3. The van der Waals surface area contributed by atoms with Gasteiger partial charge in [-0.1, -0.05) is 29.4 Å². The molecule has 0 radical (unpaired) electrons. The highest BCUT2D eigenvalue weighted by Crippen LogP contribution is 2.50. The minimum absolute atomic E-state index is 0.0826. The second-order valence-corrected chi connectivity index (χ2v) is 14.5. The van der Waals surface area contributed by atoms with Crippen molar-refractivity contribution in [3.63, 3.8) is 0 Å². The number of rotatable bonds is 7. The molecule has 3 heterocycles. The lowest BCUT2D eigenvalue weighted by atomic mass is 9.87. The van der Waals surface area contributed by atoms with Crippen LogP contribution >= 0.6 is 10.6 Å². The van der Waals surface area contributed by atoms with E-state index in [-0.39, 0.29) is 54.1 Å². The molecule has 6 rings (SSSR count). The van der Waals surface area contributed by atoms with Crippen LogP contribution in [0.25, 0.3) is 11.1 Å². The van der Waals surface area contributed by atoms with E-state index in [0.717, 1.165) is 16.7 Å². The van der Waals surface area contributed by atoms with Crippen molar-refractivity contribution in [2.75, 3.05) is 18.1 Å². The SMILES string of the molecule is Cc1noc(C2CC2C(=O)NCc2ccc(-c3cccc(OC(F)(F)F)c3)c3c2CN(C(=O)NC2(C)CCS(O)(O)C2)CC3)n1. The van der Waals surface area contributed by atoms with Crippen molar-refractivity contribution in [3.05, 3.63) is 64.8 Å². The zero-order valence-corrected chi connectivity index (χ0v) is 25.5. The van der Waals surface area contributed by atoms with Crippen molar-refractivity contribution >= 4 is 22.5 Å². The molecular weight excluding hydrogens is 615 g/mol. The number of carbonyl (C=O) groups excluding carboxylic acids is 2. The number of hydrogen-bond donors (Lipinski definition) is 4. The molecule has 4 N–H and O–H groups in total. The number of nitrogens with one attached hydrogen (secondary N) is 2. The summed E-state index contributed by atoms with van der Waals surface area (Å²) in [7, 11) is -2.74. The number of amides is 3. The highest BCUT2D eigenvalue weighted by Gasteiger charge is 2.47.